The molecule has 10 heteroatoms. The summed E-state index contributed by atoms with van der Waals surface area (Å²) in [6, 6.07) is 17.5. The van der Waals surface area contributed by atoms with Gasteiger partial charge < -0.3 is 19.9 Å². The minimum Gasteiger partial charge on any atom is -0.495 e. The molecule has 0 unspecified atom stereocenters. The number of hydrogen-bond donors (Lipinski definition) is 2. The van der Waals surface area contributed by atoms with E-state index in [0.29, 0.717) is 13.1 Å². The molecule has 0 atom stereocenters. The molecule has 1 aliphatic heterocycles. The van der Waals surface area contributed by atoms with Crippen LogP contribution >= 0.6 is 24.0 Å². The number of ether oxygens (including phenoxy) is 1. The van der Waals surface area contributed by atoms with Crippen molar-refractivity contribution >= 4 is 45.6 Å². The zero-order chi connectivity index (χ0) is 22.1. The highest BCUT2D eigenvalue weighted by Gasteiger charge is 2.22. The highest BCUT2D eigenvalue weighted by molar-refractivity contribution is 14.0. The maximum Gasteiger partial charge on any atom is 0.213 e. The molecule has 0 bridgehead atoms. The molecule has 0 spiro atoms. The summed E-state index contributed by atoms with van der Waals surface area (Å²) < 4.78 is 32.7. The number of halogens is 1. The van der Waals surface area contributed by atoms with Crippen LogP contribution in [0.1, 0.15) is 5.56 Å². The van der Waals surface area contributed by atoms with Crippen LogP contribution in [0.4, 0.5) is 5.69 Å². The first-order valence-electron chi connectivity index (χ1n) is 10.4. The zero-order valence-electron chi connectivity index (χ0n) is 18.5. The van der Waals surface area contributed by atoms with Crippen molar-refractivity contribution in [2.75, 3.05) is 57.5 Å². The molecule has 2 aromatic rings. The fourth-order valence-corrected chi connectivity index (χ4v) is 4.44. The quantitative estimate of drug-likeness (QED) is 0.286. The molecule has 1 heterocycles. The number of rotatable bonds is 8. The van der Waals surface area contributed by atoms with E-state index in [9.17, 15) is 8.42 Å². The Bertz CT molecular complexity index is 965. The molecule has 0 saturated carbocycles. The summed E-state index contributed by atoms with van der Waals surface area (Å²) in [4.78, 5) is 8.77. The van der Waals surface area contributed by atoms with Crippen molar-refractivity contribution in [1.82, 2.24) is 14.9 Å². The van der Waals surface area contributed by atoms with Crippen LogP contribution in [0.3, 0.4) is 0 Å². The lowest BCUT2D eigenvalue weighted by Gasteiger charge is -2.38. The largest absolute Gasteiger partial charge is 0.495 e. The number of sulfonamides is 1. The van der Waals surface area contributed by atoms with E-state index in [4.69, 9.17) is 4.74 Å². The van der Waals surface area contributed by atoms with Crippen molar-refractivity contribution in [1.29, 1.82) is 0 Å². The van der Waals surface area contributed by atoms with Gasteiger partial charge in [0.2, 0.25) is 10.0 Å². The van der Waals surface area contributed by atoms with Crippen LogP contribution < -0.4 is 19.7 Å². The van der Waals surface area contributed by atoms with Crippen LogP contribution in [0.15, 0.2) is 59.6 Å². The van der Waals surface area contributed by atoms with Crippen LogP contribution in [0.5, 0.6) is 5.75 Å². The SMILES string of the molecule is CN=C(NCCS(=O)(=O)NCc1ccccc1)N1CCN(c2ccccc2OC)CC1.I. The summed E-state index contributed by atoms with van der Waals surface area (Å²) in [6.45, 7) is 3.83. The maximum atomic E-state index is 12.3. The van der Waals surface area contributed by atoms with Gasteiger partial charge in [0.15, 0.2) is 5.96 Å². The van der Waals surface area contributed by atoms with Gasteiger partial charge in [-0.3, -0.25) is 4.99 Å². The smallest absolute Gasteiger partial charge is 0.213 e. The number of methoxy groups -OCH3 is 1. The van der Waals surface area contributed by atoms with Gasteiger partial charge in [-0.1, -0.05) is 42.5 Å². The lowest BCUT2D eigenvalue weighted by Crippen LogP contribution is -2.53. The van der Waals surface area contributed by atoms with Gasteiger partial charge in [-0.2, -0.15) is 0 Å². The van der Waals surface area contributed by atoms with Crippen molar-refractivity contribution in [3.8, 4) is 5.75 Å². The fraction of sp³-hybridized carbons (Fsp3) is 0.409. The van der Waals surface area contributed by atoms with Gasteiger partial charge >= 0.3 is 0 Å². The normalized spacial score (nSPS) is 14.6. The van der Waals surface area contributed by atoms with Gasteiger partial charge in [-0.25, -0.2) is 13.1 Å². The highest BCUT2D eigenvalue weighted by Crippen LogP contribution is 2.28. The molecule has 32 heavy (non-hydrogen) atoms. The van der Waals surface area contributed by atoms with Crippen molar-refractivity contribution in [3.63, 3.8) is 0 Å². The summed E-state index contributed by atoms with van der Waals surface area (Å²) in [5.41, 5.74) is 2.02. The Morgan fingerprint density at radius 1 is 1.03 bits per heavy atom. The second kappa shape index (κ2) is 12.9. The van der Waals surface area contributed by atoms with E-state index >= 15 is 0 Å². The van der Waals surface area contributed by atoms with E-state index in [-0.39, 0.29) is 29.7 Å². The van der Waals surface area contributed by atoms with Crippen LogP contribution in [0, 0.1) is 0 Å². The minimum atomic E-state index is -3.38. The van der Waals surface area contributed by atoms with E-state index in [0.717, 1.165) is 49.1 Å². The minimum absolute atomic E-state index is 0. The number of guanidine groups is 1. The van der Waals surface area contributed by atoms with Gasteiger partial charge in [-0.05, 0) is 17.7 Å². The molecule has 2 aromatic carbocycles. The predicted octanol–water partition coefficient (Wildman–Crippen LogP) is 2.13. The number of hydrogen-bond acceptors (Lipinski definition) is 5. The monoisotopic (exact) mass is 573 g/mol. The van der Waals surface area contributed by atoms with E-state index in [1.54, 1.807) is 14.2 Å². The summed E-state index contributed by atoms with van der Waals surface area (Å²) in [6.07, 6.45) is 0. The molecular formula is C22H32IN5O3S. The van der Waals surface area contributed by atoms with Gasteiger partial charge in [0.25, 0.3) is 0 Å². The van der Waals surface area contributed by atoms with Crippen LogP contribution in [-0.2, 0) is 16.6 Å². The number of para-hydroxylation sites is 2. The molecule has 0 amide bonds. The average molecular weight is 574 g/mol. The van der Waals surface area contributed by atoms with Crippen LogP contribution in [0.2, 0.25) is 0 Å². The standard InChI is InChI=1S/C22H31N5O3S.HI/c1-23-22(24-12-17-31(28,29)25-18-19-8-4-3-5-9-19)27-15-13-26(14-16-27)20-10-6-7-11-21(20)30-2;/h3-11,25H,12-18H2,1-2H3,(H,23,24);1H. The Kier molecular flexibility index (Phi) is 10.5. The average Bonchev–Trinajstić information content (AvgIpc) is 2.81. The number of anilines is 1. The van der Waals surface area contributed by atoms with Crippen molar-refractivity contribution in [3.05, 3.63) is 60.2 Å². The number of aliphatic imine (C=N–C) groups is 1. The predicted molar refractivity (Wildman–Crippen MR) is 141 cm³/mol. The third kappa shape index (κ3) is 7.52. The van der Waals surface area contributed by atoms with E-state index < -0.39 is 10.0 Å². The lowest BCUT2D eigenvalue weighted by molar-refractivity contribution is 0.368. The third-order valence-corrected chi connectivity index (χ3v) is 6.54. The van der Waals surface area contributed by atoms with Gasteiger partial charge in [-0.15, -0.1) is 24.0 Å². The zero-order valence-corrected chi connectivity index (χ0v) is 21.7. The second-order valence-corrected chi connectivity index (χ2v) is 9.17. The molecule has 1 aliphatic rings. The van der Waals surface area contributed by atoms with E-state index in [2.05, 4.69) is 30.9 Å². The Balaban J connectivity index is 0.00000363. The van der Waals surface area contributed by atoms with Gasteiger partial charge in [0.05, 0.1) is 18.6 Å². The molecule has 3 rings (SSSR count). The Labute approximate surface area is 208 Å². The Morgan fingerprint density at radius 2 is 1.69 bits per heavy atom. The first kappa shape index (κ1) is 26.2. The summed E-state index contributed by atoms with van der Waals surface area (Å²) >= 11 is 0. The Morgan fingerprint density at radius 3 is 2.34 bits per heavy atom. The fourth-order valence-electron chi connectivity index (χ4n) is 3.54. The van der Waals surface area contributed by atoms with Crippen LogP contribution in [-0.4, -0.2) is 71.9 Å². The first-order valence-corrected chi connectivity index (χ1v) is 12.0. The molecule has 8 nitrogen and oxygen atoms in total. The number of piperazine rings is 1. The summed E-state index contributed by atoms with van der Waals surface area (Å²) in [5.74, 6) is 1.57. The number of nitrogens with zero attached hydrogens (tertiary/aromatic N) is 3. The maximum absolute atomic E-state index is 12.3. The van der Waals surface area contributed by atoms with E-state index in [1.807, 2.05) is 48.5 Å². The van der Waals surface area contributed by atoms with Gasteiger partial charge in [0, 0.05) is 46.3 Å². The number of nitrogens with one attached hydrogen (secondary N) is 2. The molecule has 176 valence electrons. The lowest BCUT2D eigenvalue weighted by atomic mass is 10.2. The van der Waals surface area contributed by atoms with E-state index in [1.165, 1.54) is 0 Å². The van der Waals surface area contributed by atoms with Crippen LogP contribution in [0.25, 0.3) is 0 Å². The molecule has 0 aliphatic carbocycles. The highest BCUT2D eigenvalue weighted by atomic mass is 127. The van der Waals surface area contributed by atoms with Crippen molar-refractivity contribution in [2.24, 2.45) is 4.99 Å². The van der Waals surface area contributed by atoms with Crippen molar-refractivity contribution in [2.45, 2.75) is 6.54 Å². The van der Waals surface area contributed by atoms with Crippen molar-refractivity contribution < 1.29 is 13.2 Å². The molecule has 0 radical (unpaired) electrons. The third-order valence-electron chi connectivity index (χ3n) is 5.21. The molecule has 2 N–H and O–H groups in total. The number of benzene rings is 2. The molecule has 1 fully saturated rings. The molecule has 1 saturated heterocycles. The first-order chi connectivity index (χ1) is 15.0. The summed E-state index contributed by atoms with van der Waals surface area (Å²) in [7, 11) is 0.0284. The summed E-state index contributed by atoms with van der Waals surface area (Å²) in [5, 5.41) is 3.18. The Hall–Kier alpha value is -2.05. The molecule has 0 aromatic heterocycles. The topological polar surface area (TPSA) is 86.3 Å². The second-order valence-electron chi connectivity index (χ2n) is 7.25. The van der Waals surface area contributed by atoms with Gasteiger partial charge in [0.1, 0.15) is 5.75 Å². The molecular weight excluding hydrogens is 541 g/mol.